The van der Waals surface area contributed by atoms with Crippen molar-refractivity contribution in [3.05, 3.63) is 35.9 Å². The third kappa shape index (κ3) is 4.05. The molecule has 1 aliphatic rings. The van der Waals surface area contributed by atoms with Crippen molar-refractivity contribution in [1.82, 2.24) is 9.80 Å². The van der Waals surface area contributed by atoms with E-state index in [1.807, 2.05) is 35.2 Å². The number of nitrogens with two attached hydrogens (primary N) is 1. The van der Waals surface area contributed by atoms with Crippen molar-refractivity contribution in [1.29, 1.82) is 0 Å². The Hall–Kier alpha value is -1.39. The normalized spacial score (nSPS) is 18.0. The van der Waals surface area contributed by atoms with E-state index in [0.717, 1.165) is 38.3 Å². The third-order valence-electron chi connectivity index (χ3n) is 3.84. The predicted molar refractivity (Wildman–Crippen MR) is 81.4 cm³/mol. The van der Waals surface area contributed by atoms with E-state index < -0.39 is 6.04 Å². The second-order valence-electron chi connectivity index (χ2n) is 5.46. The molecule has 1 unspecified atom stereocenters. The summed E-state index contributed by atoms with van der Waals surface area (Å²) in [6.45, 7) is 6.86. The van der Waals surface area contributed by atoms with E-state index >= 15 is 0 Å². The zero-order valence-corrected chi connectivity index (χ0v) is 12.3. The largest absolute Gasteiger partial charge is 0.339 e. The average Bonchev–Trinajstić information content (AvgIpc) is 2.48. The van der Waals surface area contributed by atoms with Crippen LogP contribution in [0.2, 0.25) is 0 Å². The highest BCUT2D eigenvalue weighted by Crippen LogP contribution is 2.07. The van der Waals surface area contributed by atoms with Crippen LogP contribution in [0.25, 0.3) is 0 Å². The maximum atomic E-state index is 12.3. The van der Waals surface area contributed by atoms with Crippen molar-refractivity contribution in [2.75, 3.05) is 32.7 Å². The molecule has 0 aromatic heterocycles. The van der Waals surface area contributed by atoms with Gasteiger partial charge in [0, 0.05) is 26.2 Å². The lowest BCUT2D eigenvalue weighted by Crippen LogP contribution is -2.53. The molecule has 1 saturated heterocycles. The van der Waals surface area contributed by atoms with Crippen LogP contribution in [0.4, 0.5) is 0 Å². The van der Waals surface area contributed by atoms with Gasteiger partial charge in [-0.2, -0.15) is 0 Å². The summed E-state index contributed by atoms with van der Waals surface area (Å²) in [5.41, 5.74) is 7.19. The van der Waals surface area contributed by atoms with Crippen LogP contribution in [0.15, 0.2) is 30.3 Å². The van der Waals surface area contributed by atoms with Crippen LogP contribution in [0.1, 0.15) is 18.9 Å². The van der Waals surface area contributed by atoms with Crippen molar-refractivity contribution < 1.29 is 4.79 Å². The Morgan fingerprint density at radius 3 is 2.45 bits per heavy atom. The summed E-state index contributed by atoms with van der Waals surface area (Å²) in [5, 5.41) is 0. The molecule has 1 aromatic carbocycles. The molecule has 1 atom stereocenters. The summed E-state index contributed by atoms with van der Waals surface area (Å²) >= 11 is 0. The fourth-order valence-corrected chi connectivity index (χ4v) is 2.70. The summed E-state index contributed by atoms with van der Waals surface area (Å²) in [7, 11) is 0. The van der Waals surface area contributed by atoms with Gasteiger partial charge in [-0.3, -0.25) is 9.69 Å². The molecular formula is C16H25N3O. The molecule has 1 fully saturated rings. The standard InChI is InChI=1S/C16H25N3O/c1-2-8-18-9-11-19(12-10-18)16(20)15(17)13-14-6-4-3-5-7-14/h3-7,15H,2,8-13,17H2,1H3. The number of carbonyl (C=O) groups is 1. The Kier molecular flexibility index (Phi) is 5.56. The molecule has 0 aliphatic carbocycles. The summed E-state index contributed by atoms with van der Waals surface area (Å²) in [5.74, 6) is 0.0880. The van der Waals surface area contributed by atoms with Gasteiger partial charge in [0.1, 0.15) is 0 Å². The molecule has 1 aliphatic heterocycles. The molecule has 0 saturated carbocycles. The average molecular weight is 275 g/mol. The smallest absolute Gasteiger partial charge is 0.239 e. The van der Waals surface area contributed by atoms with E-state index in [1.54, 1.807) is 0 Å². The highest BCUT2D eigenvalue weighted by molar-refractivity contribution is 5.82. The summed E-state index contributed by atoms with van der Waals surface area (Å²) in [6, 6.07) is 9.56. The van der Waals surface area contributed by atoms with Crippen LogP contribution in [0.5, 0.6) is 0 Å². The number of benzene rings is 1. The van der Waals surface area contributed by atoms with E-state index in [2.05, 4.69) is 11.8 Å². The molecule has 0 bridgehead atoms. The van der Waals surface area contributed by atoms with Crippen LogP contribution >= 0.6 is 0 Å². The first kappa shape index (κ1) is 15.0. The fraction of sp³-hybridized carbons (Fsp3) is 0.562. The van der Waals surface area contributed by atoms with Crippen LogP contribution in [0, 0.1) is 0 Å². The molecular weight excluding hydrogens is 250 g/mol. The highest BCUT2D eigenvalue weighted by atomic mass is 16.2. The van der Waals surface area contributed by atoms with E-state index in [1.165, 1.54) is 6.42 Å². The van der Waals surface area contributed by atoms with Gasteiger partial charge < -0.3 is 10.6 Å². The highest BCUT2D eigenvalue weighted by Gasteiger charge is 2.24. The van der Waals surface area contributed by atoms with Crippen molar-refractivity contribution >= 4 is 5.91 Å². The lowest BCUT2D eigenvalue weighted by molar-refractivity contribution is -0.134. The van der Waals surface area contributed by atoms with Gasteiger partial charge in [0.05, 0.1) is 6.04 Å². The number of piperazine rings is 1. The first-order valence-electron chi connectivity index (χ1n) is 7.51. The number of rotatable bonds is 5. The molecule has 4 heteroatoms. The Balaban J connectivity index is 1.82. The minimum absolute atomic E-state index is 0.0880. The molecule has 2 N–H and O–H groups in total. The molecule has 0 spiro atoms. The first-order valence-corrected chi connectivity index (χ1v) is 7.51. The molecule has 20 heavy (non-hydrogen) atoms. The molecule has 2 rings (SSSR count). The maximum Gasteiger partial charge on any atom is 0.239 e. The molecule has 1 aromatic rings. The van der Waals surface area contributed by atoms with Gasteiger partial charge in [-0.05, 0) is 24.9 Å². The van der Waals surface area contributed by atoms with E-state index in [4.69, 9.17) is 5.73 Å². The van der Waals surface area contributed by atoms with Gasteiger partial charge in [0.25, 0.3) is 0 Å². The fourth-order valence-electron chi connectivity index (χ4n) is 2.70. The van der Waals surface area contributed by atoms with Crippen molar-refractivity contribution in [2.24, 2.45) is 5.73 Å². The second-order valence-corrected chi connectivity index (χ2v) is 5.46. The van der Waals surface area contributed by atoms with E-state index in [0.29, 0.717) is 6.42 Å². The molecule has 1 amide bonds. The Morgan fingerprint density at radius 2 is 1.85 bits per heavy atom. The summed E-state index contributed by atoms with van der Waals surface area (Å²) < 4.78 is 0. The monoisotopic (exact) mass is 275 g/mol. The van der Waals surface area contributed by atoms with E-state index in [9.17, 15) is 4.79 Å². The van der Waals surface area contributed by atoms with Gasteiger partial charge >= 0.3 is 0 Å². The number of amides is 1. The predicted octanol–water partition coefficient (Wildman–Crippen LogP) is 1.11. The third-order valence-corrected chi connectivity index (χ3v) is 3.84. The zero-order valence-electron chi connectivity index (χ0n) is 12.3. The minimum atomic E-state index is -0.421. The van der Waals surface area contributed by atoms with Crippen LogP contribution < -0.4 is 5.73 Å². The number of hydrogen-bond donors (Lipinski definition) is 1. The number of nitrogens with zero attached hydrogens (tertiary/aromatic N) is 2. The number of carbonyl (C=O) groups excluding carboxylic acids is 1. The van der Waals surface area contributed by atoms with Crippen LogP contribution in [0.3, 0.4) is 0 Å². The molecule has 110 valence electrons. The quantitative estimate of drug-likeness (QED) is 0.876. The van der Waals surface area contributed by atoms with Gasteiger partial charge in [-0.1, -0.05) is 37.3 Å². The van der Waals surface area contributed by atoms with Crippen LogP contribution in [-0.2, 0) is 11.2 Å². The minimum Gasteiger partial charge on any atom is -0.339 e. The Morgan fingerprint density at radius 1 is 1.20 bits per heavy atom. The Labute approximate surface area is 121 Å². The van der Waals surface area contributed by atoms with Gasteiger partial charge in [0.15, 0.2) is 0 Å². The van der Waals surface area contributed by atoms with Gasteiger partial charge in [-0.25, -0.2) is 0 Å². The molecule has 0 radical (unpaired) electrons. The lowest BCUT2D eigenvalue weighted by atomic mass is 10.1. The SMILES string of the molecule is CCCN1CCN(C(=O)C(N)Cc2ccccc2)CC1. The van der Waals surface area contributed by atoms with E-state index in [-0.39, 0.29) is 5.91 Å². The number of hydrogen-bond acceptors (Lipinski definition) is 3. The van der Waals surface area contributed by atoms with Crippen molar-refractivity contribution in [3.63, 3.8) is 0 Å². The van der Waals surface area contributed by atoms with Gasteiger partial charge in [0.2, 0.25) is 5.91 Å². The lowest BCUT2D eigenvalue weighted by Gasteiger charge is -2.35. The first-order chi connectivity index (χ1) is 9.70. The molecule has 1 heterocycles. The summed E-state index contributed by atoms with van der Waals surface area (Å²) in [4.78, 5) is 16.7. The Bertz CT molecular complexity index is 413. The van der Waals surface area contributed by atoms with Crippen molar-refractivity contribution in [2.45, 2.75) is 25.8 Å². The zero-order chi connectivity index (χ0) is 14.4. The van der Waals surface area contributed by atoms with Gasteiger partial charge in [-0.15, -0.1) is 0 Å². The van der Waals surface area contributed by atoms with Crippen LogP contribution in [-0.4, -0.2) is 54.5 Å². The molecule has 4 nitrogen and oxygen atoms in total. The second kappa shape index (κ2) is 7.41. The topological polar surface area (TPSA) is 49.6 Å². The summed E-state index contributed by atoms with van der Waals surface area (Å²) in [6.07, 6.45) is 1.79. The van der Waals surface area contributed by atoms with Crippen molar-refractivity contribution in [3.8, 4) is 0 Å². The maximum absolute atomic E-state index is 12.3.